The second-order valence-electron chi connectivity index (χ2n) is 2.63. The summed E-state index contributed by atoms with van der Waals surface area (Å²) in [5.74, 6) is -1.56. The Hall–Kier alpha value is -1.43. The van der Waals surface area contributed by atoms with E-state index in [1.54, 1.807) is 0 Å². The maximum Gasteiger partial charge on any atom is 0.333 e. The number of rotatable bonds is 0. The molecule has 1 rings (SSSR count). The summed E-state index contributed by atoms with van der Waals surface area (Å²) in [6.45, 7) is 2.17. The molecule has 0 aromatic rings. The van der Waals surface area contributed by atoms with E-state index in [0.29, 0.717) is 4.90 Å². The van der Waals surface area contributed by atoms with Crippen LogP contribution < -0.4 is 5.32 Å². The lowest BCUT2D eigenvalue weighted by Crippen LogP contribution is -2.49. The molecule has 0 bridgehead atoms. The monoisotopic (exact) mass is 172 g/mol. The van der Waals surface area contributed by atoms with E-state index in [-0.39, 0.29) is 0 Å². The average Bonchev–Trinajstić information content (AvgIpc) is 2.02. The number of amides is 4. The summed E-state index contributed by atoms with van der Waals surface area (Å²) in [4.78, 5) is 32.9. The molecule has 66 valence electrons. The van der Waals surface area contributed by atoms with Crippen molar-refractivity contribution in [2.24, 2.45) is 0 Å². The molecule has 1 heterocycles. The number of urea groups is 1. The van der Waals surface area contributed by atoms with E-state index in [1.165, 1.54) is 0 Å². The van der Waals surface area contributed by atoms with Gasteiger partial charge in [-0.05, 0) is 6.92 Å². The van der Waals surface area contributed by atoms with Crippen molar-refractivity contribution in [3.63, 3.8) is 0 Å². The van der Waals surface area contributed by atoms with Crippen molar-refractivity contribution in [1.29, 1.82) is 0 Å². The van der Waals surface area contributed by atoms with Gasteiger partial charge in [0.2, 0.25) is 11.6 Å². The van der Waals surface area contributed by atoms with Gasteiger partial charge < -0.3 is 5.11 Å². The molecule has 0 radical (unpaired) electrons. The maximum absolute atomic E-state index is 10.9. The Kier molecular flexibility index (Phi) is 1.64. The summed E-state index contributed by atoms with van der Waals surface area (Å²) in [6.07, 6.45) is 0. The van der Waals surface area contributed by atoms with Gasteiger partial charge in [-0.3, -0.25) is 14.9 Å². The molecule has 1 fully saturated rings. The van der Waals surface area contributed by atoms with Crippen molar-refractivity contribution in [3.8, 4) is 0 Å². The Bertz CT molecular complexity index is 271. The first kappa shape index (κ1) is 8.66. The van der Waals surface area contributed by atoms with Crippen LogP contribution in [0.2, 0.25) is 0 Å². The molecule has 6 heteroatoms. The fourth-order valence-corrected chi connectivity index (χ4v) is 1.02. The van der Waals surface area contributed by atoms with Gasteiger partial charge in [0.1, 0.15) is 0 Å². The molecule has 4 amide bonds. The molecule has 1 atom stereocenters. The van der Waals surface area contributed by atoms with Gasteiger partial charge in [-0.25, -0.2) is 9.69 Å². The van der Waals surface area contributed by atoms with E-state index in [0.717, 1.165) is 13.8 Å². The molecule has 0 aromatic heterocycles. The molecule has 1 saturated heterocycles. The maximum atomic E-state index is 10.9. The second kappa shape index (κ2) is 2.28. The van der Waals surface area contributed by atoms with Crippen LogP contribution in [0.5, 0.6) is 0 Å². The summed E-state index contributed by atoms with van der Waals surface area (Å²) >= 11 is 0. The van der Waals surface area contributed by atoms with Gasteiger partial charge in [-0.2, -0.15) is 0 Å². The molecule has 0 aromatic carbocycles. The normalized spacial score (nSPS) is 29.1. The van der Waals surface area contributed by atoms with Crippen LogP contribution in [0.1, 0.15) is 13.8 Å². The lowest BCUT2D eigenvalue weighted by molar-refractivity contribution is -0.154. The molecule has 0 aliphatic carbocycles. The number of imide groups is 2. The van der Waals surface area contributed by atoms with Crippen LogP contribution in [0.15, 0.2) is 0 Å². The third-order valence-corrected chi connectivity index (χ3v) is 1.60. The van der Waals surface area contributed by atoms with Crippen molar-refractivity contribution in [3.05, 3.63) is 0 Å². The Morgan fingerprint density at radius 2 is 2.08 bits per heavy atom. The fourth-order valence-electron chi connectivity index (χ4n) is 1.02. The first-order valence-corrected chi connectivity index (χ1v) is 3.26. The van der Waals surface area contributed by atoms with Crippen molar-refractivity contribution in [2.75, 3.05) is 0 Å². The first-order chi connectivity index (χ1) is 5.37. The third-order valence-electron chi connectivity index (χ3n) is 1.60. The van der Waals surface area contributed by atoms with E-state index in [1.807, 2.05) is 5.32 Å². The van der Waals surface area contributed by atoms with Crippen LogP contribution >= 0.6 is 0 Å². The SMILES string of the molecule is CC(=O)N1C(=O)NC(=O)C1(C)O. The molecule has 1 aliphatic heterocycles. The van der Waals surface area contributed by atoms with E-state index >= 15 is 0 Å². The number of hydrogen-bond acceptors (Lipinski definition) is 4. The Morgan fingerprint density at radius 3 is 2.25 bits per heavy atom. The van der Waals surface area contributed by atoms with Crippen LogP contribution in [0.25, 0.3) is 0 Å². The van der Waals surface area contributed by atoms with Gasteiger partial charge in [-0.15, -0.1) is 0 Å². The smallest absolute Gasteiger partial charge is 0.333 e. The lowest BCUT2D eigenvalue weighted by atomic mass is 10.2. The first-order valence-electron chi connectivity index (χ1n) is 3.26. The molecule has 1 unspecified atom stereocenters. The summed E-state index contributed by atoms with van der Waals surface area (Å²) in [7, 11) is 0. The number of carbonyl (C=O) groups excluding carboxylic acids is 3. The van der Waals surface area contributed by atoms with Crippen molar-refractivity contribution >= 4 is 17.8 Å². The Labute approximate surface area is 68.1 Å². The molecule has 2 N–H and O–H groups in total. The van der Waals surface area contributed by atoms with Gasteiger partial charge in [0, 0.05) is 6.92 Å². The largest absolute Gasteiger partial charge is 0.363 e. The van der Waals surface area contributed by atoms with Gasteiger partial charge in [0.15, 0.2) is 0 Å². The highest BCUT2D eigenvalue weighted by Gasteiger charge is 2.50. The number of carbonyl (C=O) groups is 3. The molecule has 12 heavy (non-hydrogen) atoms. The van der Waals surface area contributed by atoms with Crippen molar-refractivity contribution in [2.45, 2.75) is 19.6 Å². The fraction of sp³-hybridized carbons (Fsp3) is 0.500. The molecule has 0 spiro atoms. The number of hydrogen-bond donors (Lipinski definition) is 2. The highest BCUT2D eigenvalue weighted by atomic mass is 16.3. The zero-order valence-electron chi connectivity index (χ0n) is 6.62. The standard InChI is InChI=1S/C6H8N2O4/c1-3(9)8-5(11)7-4(10)6(8,2)12/h12H,1-2H3,(H,7,10,11). The lowest BCUT2D eigenvalue weighted by Gasteiger charge is -2.22. The zero-order chi connectivity index (χ0) is 9.52. The highest BCUT2D eigenvalue weighted by molar-refractivity contribution is 6.12. The van der Waals surface area contributed by atoms with Crippen LogP contribution in [0.3, 0.4) is 0 Å². The average molecular weight is 172 g/mol. The third kappa shape index (κ3) is 0.964. The van der Waals surface area contributed by atoms with Crippen LogP contribution in [0, 0.1) is 0 Å². The summed E-state index contributed by atoms with van der Waals surface area (Å²) in [5.41, 5.74) is -2.05. The second-order valence-corrected chi connectivity index (χ2v) is 2.63. The quantitative estimate of drug-likeness (QED) is 0.449. The van der Waals surface area contributed by atoms with Gasteiger partial charge in [-0.1, -0.05) is 0 Å². The minimum absolute atomic E-state index is 0.468. The van der Waals surface area contributed by atoms with Crippen LogP contribution in [0.4, 0.5) is 4.79 Å². The molecular formula is C6H8N2O4. The summed E-state index contributed by atoms with van der Waals surface area (Å²) < 4.78 is 0. The number of nitrogens with one attached hydrogen (secondary N) is 1. The van der Waals surface area contributed by atoms with E-state index < -0.39 is 23.6 Å². The summed E-state index contributed by atoms with van der Waals surface area (Å²) in [5, 5.41) is 11.2. The molecule has 1 aliphatic rings. The molecule has 0 saturated carbocycles. The Morgan fingerprint density at radius 1 is 1.58 bits per heavy atom. The highest BCUT2D eigenvalue weighted by Crippen LogP contribution is 2.17. The van der Waals surface area contributed by atoms with Gasteiger partial charge in [0.05, 0.1) is 0 Å². The molecular weight excluding hydrogens is 164 g/mol. The van der Waals surface area contributed by atoms with E-state index in [4.69, 9.17) is 0 Å². The van der Waals surface area contributed by atoms with Gasteiger partial charge in [0.25, 0.3) is 5.91 Å². The van der Waals surface area contributed by atoms with E-state index in [9.17, 15) is 19.5 Å². The van der Waals surface area contributed by atoms with Gasteiger partial charge >= 0.3 is 6.03 Å². The predicted molar refractivity (Wildman–Crippen MR) is 36.7 cm³/mol. The number of aliphatic hydroxyl groups is 1. The minimum Gasteiger partial charge on any atom is -0.363 e. The van der Waals surface area contributed by atoms with E-state index in [2.05, 4.69) is 0 Å². The van der Waals surface area contributed by atoms with Crippen molar-refractivity contribution in [1.82, 2.24) is 10.2 Å². The topological polar surface area (TPSA) is 86.7 Å². The summed E-state index contributed by atoms with van der Waals surface area (Å²) in [6, 6.07) is -0.891. The predicted octanol–water partition coefficient (Wildman–Crippen LogP) is -1.21. The van der Waals surface area contributed by atoms with Crippen molar-refractivity contribution < 1.29 is 19.5 Å². The zero-order valence-corrected chi connectivity index (χ0v) is 6.62. The van der Waals surface area contributed by atoms with Crippen LogP contribution in [-0.2, 0) is 9.59 Å². The Balaban J connectivity index is 3.07. The number of nitrogens with zero attached hydrogens (tertiary/aromatic N) is 1. The molecule has 6 nitrogen and oxygen atoms in total. The minimum atomic E-state index is -2.05. The van der Waals surface area contributed by atoms with Crippen LogP contribution in [-0.4, -0.2) is 33.6 Å².